The third-order valence-corrected chi connectivity index (χ3v) is 4.50. The Kier molecular flexibility index (Phi) is 8.02. The molecule has 0 saturated heterocycles. The topological polar surface area (TPSA) is 101 Å². The van der Waals surface area contributed by atoms with Crippen LogP contribution in [-0.4, -0.2) is 23.8 Å². The molecule has 0 radical (unpaired) electrons. The van der Waals surface area contributed by atoms with Gasteiger partial charge < -0.3 is 16.4 Å². The lowest BCUT2D eigenvalue weighted by atomic mass is 10.1. The zero-order chi connectivity index (χ0) is 20.5. The molecule has 0 saturated carbocycles. The van der Waals surface area contributed by atoms with Crippen LogP contribution in [0.2, 0.25) is 5.02 Å². The van der Waals surface area contributed by atoms with E-state index in [2.05, 4.69) is 10.6 Å². The quantitative estimate of drug-likeness (QED) is 0.601. The number of hydrogen-bond acceptors (Lipinski definition) is 3. The number of carbonyl (C=O) groups is 3. The van der Waals surface area contributed by atoms with Gasteiger partial charge in [0.1, 0.15) is 6.04 Å². The highest BCUT2D eigenvalue weighted by atomic mass is 35.5. The van der Waals surface area contributed by atoms with E-state index in [-0.39, 0.29) is 31.2 Å². The summed E-state index contributed by atoms with van der Waals surface area (Å²) >= 11 is 5.94. The van der Waals surface area contributed by atoms with Gasteiger partial charge in [0.2, 0.25) is 17.7 Å². The van der Waals surface area contributed by atoms with Crippen molar-refractivity contribution >= 4 is 29.3 Å². The maximum Gasteiger partial charge on any atom is 0.240 e. The minimum atomic E-state index is -0.864. The number of primary amides is 1. The Morgan fingerprint density at radius 2 is 1.61 bits per heavy atom. The molecule has 148 valence electrons. The van der Waals surface area contributed by atoms with Gasteiger partial charge in [0.15, 0.2) is 0 Å². The van der Waals surface area contributed by atoms with Crippen LogP contribution < -0.4 is 16.4 Å². The second kappa shape index (κ2) is 10.5. The summed E-state index contributed by atoms with van der Waals surface area (Å²) in [5.74, 6) is -1.29. The number of halogens is 1. The molecule has 0 spiro atoms. The van der Waals surface area contributed by atoms with Gasteiger partial charge in [0.25, 0.3) is 0 Å². The molecule has 2 rings (SSSR count). The summed E-state index contributed by atoms with van der Waals surface area (Å²) in [7, 11) is 0. The number of amides is 3. The Labute approximate surface area is 169 Å². The van der Waals surface area contributed by atoms with Crippen LogP contribution in [0.15, 0.2) is 54.6 Å². The fraction of sp³-hybridized carbons (Fsp3) is 0.286. The summed E-state index contributed by atoms with van der Waals surface area (Å²) in [4.78, 5) is 35.9. The minimum absolute atomic E-state index is 0.0195. The summed E-state index contributed by atoms with van der Waals surface area (Å²) in [6.45, 7) is 1.88. The molecule has 6 nitrogen and oxygen atoms in total. The van der Waals surface area contributed by atoms with Crippen LogP contribution in [0.4, 0.5) is 0 Å². The predicted molar refractivity (Wildman–Crippen MR) is 109 cm³/mol. The Bertz CT molecular complexity index is 827. The second-order valence-corrected chi connectivity index (χ2v) is 6.99. The zero-order valence-corrected chi connectivity index (χ0v) is 16.4. The van der Waals surface area contributed by atoms with E-state index in [0.29, 0.717) is 5.02 Å². The van der Waals surface area contributed by atoms with E-state index in [1.165, 1.54) is 0 Å². The van der Waals surface area contributed by atoms with Crippen molar-refractivity contribution in [2.45, 2.75) is 38.3 Å². The number of nitrogens with two attached hydrogens (primary N) is 1. The first kappa shape index (κ1) is 21.4. The molecule has 0 bridgehead atoms. The number of nitrogens with one attached hydrogen (secondary N) is 2. The highest BCUT2D eigenvalue weighted by Crippen LogP contribution is 2.13. The van der Waals surface area contributed by atoms with Gasteiger partial charge in [0, 0.05) is 24.3 Å². The lowest BCUT2D eigenvalue weighted by Crippen LogP contribution is -2.46. The average molecular weight is 402 g/mol. The Balaban J connectivity index is 1.82. The first-order valence-electron chi connectivity index (χ1n) is 9.02. The molecule has 4 N–H and O–H groups in total. The van der Waals surface area contributed by atoms with Crippen molar-refractivity contribution in [1.29, 1.82) is 0 Å². The van der Waals surface area contributed by atoms with Crippen molar-refractivity contribution in [2.24, 2.45) is 5.73 Å². The number of carbonyl (C=O) groups excluding carboxylic acids is 3. The number of benzene rings is 2. The largest absolute Gasteiger partial charge is 0.368 e. The van der Waals surface area contributed by atoms with Crippen molar-refractivity contribution in [3.8, 4) is 0 Å². The molecule has 0 heterocycles. The molecule has 0 unspecified atom stereocenters. The van der Waals surface area contributed by atoms with Crippen LogP contribution in [0.1, 0.15) is 36.9 Å². The SMILES string of the molecule is C[C@@H](NC(=O)CCC(=O)N[C@@H](Cc1cccc(Cl)c1)C(N)=O)c1ccccc1. The molecule has 0 aliphatic rings. The minimum Gasteiger partial charge on any atom is -0.368 e. The Morgan fingerprint density at radius 1 is 0.964 bits per heavy atom. The highest BCUT2D eigenvalue weighted by Gasteiger charge is 2.19. The third-order valence-electron chi connectivity index (χ3n) is 4.26. The molecule has 0 aromatic heterocycles. The van der Waals surface area contributed by atoms with Gasteiger partial charge in [0.05, 0.1) is 6.04 Å². The van der Waals surface area contributed by atoms with Crippen molar-refractivity contribution < 1.29 is 14.4 Å². The van der Waals surface area contributed by atoms with E-state index in [1.54, 1.807) is 24.3 Å². The van der Waals surface area contributed by atoms with E-state index in [9.17, 15) is 14.4 Å². The van der Waals surface area contributed by atoms with Crippen LogP contribution >= 0.6 is 11.6 Å². The molecule has 2 aromatic carbocycles. The molecule has 0 aliphatic carbocycles. The van der Waals surface area contributed by atoms with Gasteiger partial charge in [-0.3, -0.25) is 14.4 Å². The first-order chi connectivity index (χ1) is 13.3. The molecule has 28 heavy (non-hydrogen) atoms. The van der Waals surface area contributed by atoms with Crippen LogP contribution in [-0.2, 0) is 20.8 Å². The van der Waals surface area contributed by atoms with Gasteiger partial charge >= 0.3 is 0 Å². The van der Waals surface area contributed by atoms with Crippen LogP contribution in [0.3, 0.4) is 0 Å². The van der Waals surface area contributed by atoms with Crippen molar-refractivity contribution in [1.82, 2.24) is 10.6 Å². The fourth-order valence-electron chi connectivity index (χ4n) is 2.75. The number of hydrogen-bond donors (Lipinski definition) is 3. The summed E-state index contributed by atoms with van der Waals surface area (Å²) < 4.78 is 0. The first-order valence-corrected chi connectivity index (χ1v) is 9.40. The molecule has 7 heteroatoms. The monoisotopic (exact) mass is 401 g/mol. The molecule has 0 aliphatic heterocycles. The molecule has 2 atom stereocenters. The van der Waals surface area contributed by atoms with Crippen LogP contribution in [0.25, 0.3) is 0 Å². The van der Waals surface area contributed by atoms with Gasteiger partial charge in [-0.1, -0.05) is 54.1 Å². The Morgan fingerprint density at radius 3 is 2.21 bits per heavy atom. The molecule has 0 fully saturated rings. The van der Waals surface area contributed by atoms with E-state index >= 15 is 0 Å². The smallest absolute Gasteiger partial charge is 0.240 e. The zero-order valence-electron chi connectivity index (χ0n) is 15.7. The second-order valence-electron chi connectivity index (χ2n) is 6.56. The van der Waals surface area contributed by atoms with Crippen molar-refractivity contribution in [3.63, 3.8) is 0 Å². The maximum absolute atomic E-state index is 12.2. The summed E-state index contributed by atoms with van der Waals surface area (Å²) in [5, 5.41) is 5.97. The number of rotatable bonds is 9. The van der Waals surface area contributed by atoms with E-state index < -0.39 is 17.9 Å². The van der Waals surface area contributed by atoms with E-state index in [4.69, 9.17) is 17.3 Å². The standard InChI is InChI=1S/C21H24ClN3O3/c1-14(16-7-3-2-4-8-16)24-19(26)10-11-20(27)25-18(21(23)28)13-15-6-5-9-17(22)12-15/h2-9,12,14,18H,10-11,13H2,1H3,(H2,23,28)(H,24,26)(H,25,27)/t14-,18+/m1/s1. The van der Waals surface area contributed by atoms with Crippen LogP contribution in [0, 0.1) is 0 Å². The van der Waals surface area contributed by atoms with Gasteiger partial charge in [-0.05, 0) is 30.2 Å². The van der Waals surface area contributed by atoms with E-state index in [0.717, 1.165) is 11.1 Å². The predicted octanol–water partition coefficient (Wildman–Crippen LogP) is 2.51. The van der Waals surface area contributed by atoms with Crippen LogP contribution in [0.5, 0.6) is 0 Å². The molecule has 3 amide bonds. The summed E-state index contributed by atoms with van der Waals surface area (Å²) in [6.07, 6.45) is 0.219. The van der Waals surface area contributed by atoms with Crippen molar-refractivity contribution in [2.75, 3.05) is 0 Å². The fourth-order valence-corrected chi connectivity index (χ4v) is 2.97. The Hall–Kier alpha value is -2.86. The average Bonchev–Trinajstić information content (AvgIpc) is 2.66. The van der Waals surface area contributed by atoms with Gasteiger partial charge in [-0.2, -0.15) is 0 Å². The molecule has 2 aromatic rings. The molecular formula is C21H24ClN3O3. The summed E-state index contributed by atoms with van der Waals surface area (Å²) in [5.41, 5.74) is 7.16. The normalized spacial score (nSPS) is 12.6. The van der Waals surface area contributed by atoms with E-state index in [1.807, 2.05) is 37.3 Å². The summed E-state index contributed by atoms with van der Waals surface area (Å²) in [6, 6.07) is 15.5. The third kappa shape index (κ3) is 7.04. The van der Waals surface area contributed by atoms with Gasteiger partial charge in [-0.15, -0.1) is 0 Å². The maximum atomic E-state index is 12.2. The van der Waals surface area contributed by atoms with Crippen molar-refractivity contribution in [3.05, 3.63) is 70.7 Å². The molecular weight excluding hydrogens is 378 g/mol. The lowest BCUT2D eigenvalue weighted by Gasteiger charge is -2.17. The lowest BCUT2D eigenvalue weighted by molar-refractivity contribution is -0.129. The van der Waals surface area contributed by atoms with Gasteiger partial charge in [-0.25, -0.2) is 0 Å². The highest BCUT2D eigenvalue weighted by molar-refractivity contribution is 6.30.